The zero-order valence-electron chi connectivity index (χ0n) is 8.74. The van der Waals surface area contributed by atoms with Crippen molar-refractivity contribution in [2.75, 3.05) is 0 Å². The molecular formula is C11H12ClFO2S. The highest BCUT2D eigenvalue weighted by Crippen LogP contribution is 2.25. The van der Waals surface area contributed by atoms with Crippen LogP contribution in [0.4, 0.5) is 4.39 Å². The Morgan fingerprint density at radius 1 is 1.62 bits per heavy atom. The van der Waals surface area contributed by atoms with Crippen molar-refractivity contribution in [1.82, 2.24) is 0 Å². The number of carboxylic acid groups (broad SMARTS) is 1. The molecule has 2 nitrogen and oxygen atoms in total. The van der Waals surface area contributed by atoms with E-state index in [0.29, 0.717) is 10.8 Å². The molecule has 1 rings (SSSR count). The maximum atomic E-state index is 12.7. The molecule has 0 amide bonds. The third-order valence-corrected chi connectivity index (χ3v) is 3.57. The monoisotopic (exact) mass is 262 g/mol. The Morgan fingerprint density at radius 3 is 2.88 bits per heavy atom. The van der Waals surface area contributed by atoms with Gasteiger partial charge in [0.05, 0.1) is 6.42 Å². The molecule has 0 bridgehead atoms. The average Bonchev–Trinajstić information content (AvgIpc) is 2.15. The Labute approximate surface area is 103 Å². The Bertz CT molecular complexity index is 384. The fourth-order valence-electron chi connectivity index (χ4n) is 1.18. The predicted molar refractivity (Wildman–Crippen MR) is 64.4 cm³/mol. The zero-order valence-corrected chi connectivity index (χ0v) is 10.3. The van der Waals surface area contributed by atoms with Crippen LogP contribution < -0.4 is 0 Å². The van der Waals surface area contributed by atoms with Crippen molar-refractivity contribution in [1.29, 1.82) is 0 Å². The molecular weight excluding hydrogens is 251 g/mol. The van der Waals surface area contributed by atoms with Crippen LogP contribution in [-0.4, -0.2) is 16.3 Å². The maximum absolute atomic E-state index is 12.7. The summed E-state index contributed by atoms with van der Waals surface area (Å²) in [4.78, 5) is 10.4. The largest absolute Gasteiger partial charge is 0.481 e. The highest BCUT2D eigenvalue weighted by Gasteiger charge is 2.09. The maximum Gasteiger partial charge on any atom is 0.304 e. The van der Waals surface area contributed by atoms with Crippen molar-refractivity contribution in [2.24, 2.45) is 0 Å². The Balaban J connectivity index is 2.51. The third-order valence-electron chi connectivity index (χ3n) is 2.00. The molecule has 0 aliphatic rings. The van der Waals surface area contributed by atoms with Gasteiger partial charge in [0.2, 0.25) is 0 Å². The van der Waals surface area contributed by atoms with Crippen LogP contribution in [0.1, 0.15) is 18.9 Å². The van der Waals surface area contributed by atoms with Crippen LogP contribution in [0.3, 0.4) is 0 Å². The summed E-state index contributed by atoms with van der Waals surface area (Å²) >= 11 is 7.34. The minimum atomic E-state index is -0.815. The van der Waals surface area contributed by atoms with Gasteiger partial charge < -0.3 is 5.11 Å². The SMILES string of the molecule is CC(CC(=O)O)SCc1ccc(F)cc1Cl. The number of benzene rings is 1. The molecule has 0 fully saturated rings. The predicted octanol–water partition coefficient (Wildman–Crippen LogP) is 3.58. The molecule has 1 unspecified atom stereocenters. The topological polar surface area (TPSA) is 37.3 Å². The molecule has 0 heterocycles. The van der Waals surface area contributed by atoms with Gasteiger partial charge in [-0.3, -0.25) is 4.79 Å². The number of hydrogen-bond acceptors (Lipinski definition) is 2. The van der Waals surface area contributed by atoms with Gasteiger partial charge in [-0.1, -0.05) is 24.6 Å². The van der Waals surface area contributed by atoms with Gasteiger partial charge >= 0.3 is 5.97 Å². The summed E-state index contributed by atoms with van der Waals surface area (Å²) in [7, 11) is 0. The van der Waals surface area contributed by atoms with Crippen molar-refractivity contribution in [3.63, 3.8) is 0 Å². The zero-order chi connectivity index (χ0) is 12.1. The van der Waals surface area contributed by atoms with Crippen LogP contribution in [0.25, 0.3) is 0 Å². The highest BCUT2D eigenvalue weighted by atomic mass is 35.5. The van der Waals surface area contributed by atoms with Gasteiger partial charge in [-0.15, -0.1) is 0 Å². The van der Waals surface area contributed by atoms with E-state index < -0.39 is 5.97 Å². The lowest BCUT2D eigenvalue weighted by atomic mass is 10.2. The normalized spacial score (nSPS) is 12.4. The van der Waals surface area contributed by atoms with E-state index in [2.05, 4.69) is 0 Å². The van der Waals surface area contributed by atoms with E-state index in [0.717, 1.165) is 5.56 Å². The van der Waals surface area contributed by atoms with Crippen LogP contribution in [0.15, 0.2) is 18.2 Å². The van der Waals surface area contributed by atoms with Crippen LogP contribution in [0, 0.1) is 5.82 Å². The Hall–Kier alpha value is -0.740. The molecule has 0 aliphatic carbocycles. The van der Waals surface area contributed by atoms with E-state index in [1.54, 1.807) is 6.07 Å². The number of halogens is 2. The summed E-state index contributed by atoms with van der Waals surface area (Å²) in [5.74, 6) is -0.587. The summed E-state index contributed by atoms with van der Waals surface area (Å²) in [6.07, 6.45) is 0.115. The Kier molecular flexibility index (Phi) is 5.09. The molecule has 1 atom stereocenters. The van der Waals surface area contributed by atoms with E-state index >= 15 is 0 Å². The molecule has 5 heteroatoms. The van der Waals surface area contributed by atoms with Crippen LogP contribution in [0.2, 0.25) is 5.02 Å². The van der Waals surface area contributed by atoms with Crippen LogP contribution in [0.5, 0.6) is 0 Å². The van der Waals surface area contributed by atoms with Gasteiger partial charge in [0.25, 0.3) is 0 Å². The average molecular weight is 263 g/mol. The summed E-state index contributed by atoms with van der Waals surface area (Å²) in [5, 5.41) is 8.98. The molecule has 16 heavy (non-hydrogen) atoms. The molecule has 1 N–H and O–H groups in total. The number of thioether (sulfide) groups is 1. The van der Waals surface area contributed by atoms with Gasteiger partial charge in [-0.25, -0.2) is 4.39 Å². The van der Waals surface area contributed by atoms with Gasteiger partial charge in [0.1, 0.15) is 5.82 Å². The van der Waals surface area contributed by atoms with Crippen molar-refractivity contribution in [2.45, 2.75) is 24.3 Å². The quantitative estimate of drug-likeness (QED) is 0.881. The molecule has 1 aromatic rings. The van der Waals surface area contributed by atoms with Gasteiger partial charge in [-0.05, 0) is 17.7 Å². The smallest absolute Gasteiger partial charge is 0.304 e. The van der Waals surface area contributed by atoms with Crippen molar-refractivity contribution in [3.05, 3.63) is 34.6 Å². The lowest BCUT2D eigenvalue weighted by Crippen LogP contribution is -2.05. The molecule has 0 saturated carbocycles. The standard InChI is InChI=1S/C11H12ClFO2S/c1-7(4-11(14)15)16-6-8-2-3-9(13)5-10(8)12/h2-3,5,7H,4,6H2,1H3,(H,14,15). The fourth-order valence-corrected chi connectivity index (χ4v) is 2.47. The molecule has 0 aromatic heterocycles. The van der Waals surface area contributed by atoms with Crippen molar-refractivity contribution in [3.8, 4) is 0 Å². The molecule has 0 saturated heterocycles. The molecule has 0 aliphatic heterocycles. The van der Waals surface area contributed by atoms with E-state index in [1.165, 1.54) is 23.9 Å². The lowest BCUT2D eigenvalue weighted by molar-refractivity contribution is -0.136. The minimum absolute atomic E-state index is 0.0126. The number of carboxylic acids is 1. The molecule has 0 radical (unpaired) electrons. The lowest BCUT2D eigenvalue weighted by Gasteiger charge is -2.09. The van der Waals surface area contributed by atoms with Gasteiger partial charge in [0.15, 0.2) is 0 Å². The van der Waals surface area contributed by atoms with Crippen molar-refractivity contribution >= 4 is 29.3 Å². The first-order valence-electron chi connectivity index (χ1n) is 4.76. The number of aliphatic carboxylic acids is 1. The number of hydrogen-bond donors (Lipinski definition) is 1. The van der Waals surface area contributed by atoms with Crippen LogP contribution >= 0.6 is 23.4 Å². The van der Waals surface area contributed by atoms with E-state index in [4.69, 9.17) is 16.7 Å². The first-order chi connectivity index (χ1) is 7.49. The summed E-state index contributed by atoms with van der Waals surface area (Å²) in [6, 6.07) is 4.24. The molecule has 1 aromatic carbocycles. The first kappa shape index (κ1) is 13.3. The van der Waals surface area contributed by atoms with E-state index in [1.807, 2.05) is 6.92 Å². The van der Waals surface area contributed by atoms with E-state index in [9.17, 15) is 9.18 Å². The molecule has 0 spiro atoms. The van der Waals surface area contributed by atoms with E-state index in [-0.39, 0.29) is 17.5 Å². The first-order valence-corrected chi connectivity index (χ1v) is 6.19. The number of rotatable bonds is 5. The summed E-state index contributed by atoms with van der Waals surface area (Å²) in [5.41, 5.74) is 0.824. The summed E-state index contributed by atoms with van der Waals surface area (Å²) in [6.45, 7) is 1.84. The third kappa shape index (κ3) is 4.41. The molecule has 88 valence electrons. The van der Waals surface area contributed by atoms with Gasteiger partial charge in [0, 0.05) is 16.0 Å². The second-order valence-corrected chi connectivity index (χ2v) is 5.29. The number of carbonyl (C=O) groups is 1. The highest BCUT2D eigenvalue weighted by molar-refractivity contribution is 7.99. The van der Waals surface area contributed by atoms with Gasteiger partial charge in [-0.2, -0.15) is 11.8 Å². The second kappa shape index (κ2) is 6.11. The van der Waals surface area contributed by atoms with Crippen LogP contribution in [-0.2, 0) is 10.5 Å². The van der Waals surface area contributed by atoms with Crippen molar-refractivity contribution < 1.29 is 14.3 Å². The minimum Gasteiger partial charge on any atom is -0.481 e. The fraction of sp³-hybridized carbons (Fsp3) is 0.364. The Morgan fingerprint density at radius 2 is 2.31 bits per heavy atom. The second-order valence-electron chi connectivity index (χ2n) is 3.46. The summed E-state index contributed by atoms with van der Waals surface area (Å²) < 4.78 is 12.7.